The fourth-order valence-electron chi connectivity index (χ4n) is 3.08. The molecule has 16 heavy (non-hydrogen) atoms. The average Bonchev–Trinajstić information content (AvgIpc) is 2.74. The molecule has 3 N–H and O–H groups in total. The molecule has 0 spiro atoms. The molecule has 0 amide bonds. The predicted octanol–water partition coefficient (Wildman–Crippen LogP) is 2.78. The lowest BCUT2D eigenvalue weighted by Gasteiger charge is -2.31. The van der Waals surface area contributed by atoms with Crippen molar-refractivity contribution in [3.63, 3.8) is 0 Å². The summed E-state index contributed by atoms with van der Waals surface area (Å²) in [5.74, 6) is 0.426. The first-order valence-corrected chi connectivity index (χ1v) is 6.10. The van der Waals surface area contributed by atoms with Gasteiger partial charge in [-0.15, -0.1) is 0 Å². The van der Waals surface area contributed by atoms with E-state index < -0.39 is 0 Å². The second kappa shape index (κ2) is 4.10. The van der Waals surface area contributed by atoms with Crippen LogP contribution in [0.3, 0.4) is 0 Å². The first-order chi connectivity index (χ1) is 7.60. The Morgan fingerprint density at radius 1 is 1.25 bits per heavy atom. The highest BCUT2D eigenvalue weighted by Crippen LogP contribution is 2.45. The minimum Gasteiger partial charge on any atom is -0.508 e. The van der Waals surface area contributed by atoms with Crippen LogP contribution in [0.4, 0.5) is 0 Å². The molecular formula is C14H21NO. The van der Waals surface area contributed by atoms with Gasteiger partial charge in [0.05, 0.1) is 0 Å². The standard InChI is InChI=1S/C14H21NO/c1-10-5-6-12(16)13(11(10)2)14(9-15)7-3-4-8-14/h5-6,16H,3-4,7-9,15H2,1-2H3. The van der Waals surface area contributed by atoms with Crippen molar-refractivity contribution in [3.8, 4) is 5.75 Å². The molecule has 0 heterocycles. The number of aryl methyl sites for hydroxylation is 1. The Bertz CT molecular complexity index is 392. The van der Waals surface area contributed by atoms with Crippen molar-refractivity contribution in [2.45, 2.75) is 44.9 Å². The van der Waals surface area contributed by atoms with Crippen LogP contribution in [-0.2, 0) is 5.41 Å². The third-order valence-corrected chi connectivity index (χ3v) is 4.20. The van der Waals surface area contributed by atoms with Crippen molar-refractivity contribution < 1.29 is 5.11 Å². The van der Waals surface area contributed by atoms with E-state index in [1.165, 1.54) is 24.0 Å². The van der Waals surface area contributed by atoms with Crippen LogP contribution in [0.15, 0.2) is 12.1 Å². The first-order valence-electron chi connectivity index (χ1n) is 6.10. The zero-order chi connectivity index (χ0) is 11.8. The average molecular weight is 219 g/mol. The monoisotopic (exact) mass is 219 g/mol. The molecule has 2 rings (SSSR count). The third kappa shape index (κ3) is 1.61. The van der Waals surface area contributed by atoms with E-state index in [-0.39, 0.29) is 5.41 Å². The van der Waals surface area contributed by atoms with Gasteiger partial charge in [-0.3, -0.25) is 0 Å². The number of phenolic OH excluding ortho intramolecular Hbond substituents is 1. The van der Waals surface area contributed by atoms with Crippen molar-refractivity contribution in [1.29, 1.82) is 0 Å². The van der Waals surface area contributed by atoms with E-state index >= 15 is 0 Å². The summed E-state index contributed by atoms with van der Waals surface area (Å²) < 4.78 is 0. The molecule has 1 saturated carbocycles. The molecule has 1 aliphatic rings. The zero-order valence-electron chi connectivity index (χ0n) is 10.2. The molecule has 1 aliphatic carbocycles. The summed E-state index contributed by atoms with van der Waals surface area (Å²) in [6, 6.07) is 3.79. The highest BCUT2D eigenvalue weighted by atomic mass is 16.3. The van der Waals surface area contributed by atoms with Crippen LogP contribution in [0.5, 0.6) is 5.75 Å². The minimum absolute atomic E-state index is 0.0280. The van der Waals surface area contributed by atoms with Gasteiger partial charge in [0.25, 0.3) is 0 Å². The van der Waals surface area contributed by atoms with Crippen molar-refractivity contribution in [2.24, 2.45) is 5.73 Å². The second-order valence-electron chi connectivity index (χ2n) is 5.09. The van der Waals surface area contributed by atoms with Crippen molar-refractivity contribution in [1.82, 2.24) is 0 Å². The third-order valence-electron chi connectivity index (χ3n) is 4.20. The second-order valence-corrected chi connectivity index (χ2v) is 5.09. The van der Waals surface area contributed by atoms with E-state index in [0.29, 0.717) is 12.3 Å². The number of phenols is 1. The summed E-state index contributed by atoms with van der Waals surface area (Å²) in [5, 5.41) is 10.1. The van der Waals surface area contributed by atoms with Gasteiger partial charge in [0, 0.05) is 17.5 Å². The molecule has 2 nitrogen and oxygen atoms in total. The van der Waals surface area contributed by atoms with E-state index in [4.69, 9.17) is 5.73 Å². The molecular weight excluding hydrogens is 198 g/mol. The fourth-order valence-corrected chi connectivity index (χ4v) is 3.08. The maximum Gasteiger partial charge on any atom is 0.119 e. The molecule has 1 aromatic carbocycles. The van der Waals surface area contributed by atoms with E-state index in [2.05, 4.69) is 13.8 Å². The van der Waals surface area contributed by atoms with Gasteiger partial charge in [0.15, 0.2) is 0 Å². The first kappa shape index (κ1) is 11.5. The van der Waals surface area contributed by atoms with Crippen LogP contribution in [0.1, 0.15) is 42.4 Å². The number of aromatic hydroxyl groups is 1. The number of hydrogen-bond donors (Lipinski definition) is 2. The van der Waals surface area contributed by atoms with Gasteiger partial charge in [0.1, 0.15) is 5.75 Å². The van der Waals surface area contributed by atoms with Crippen LogP contribution in [0.2, 0.25) is 0 Å². The zero-order valence-corrected chi connectivity index (χ0v) is 10.2. The predicted molar refractivity (Wildman–Crippen MR) is 66.8 cm³/mol. The molecule has 0 saturated heterocycles. The molecule has 0 bridgehead atoms. The number of rotatable bonds is 2. The van der Waals surface area contributed by atoms with Crippen molar-refractivity contribution in [2.75, 3.05) is 6.54 Å². The van der Waals surface area contributed by atoms with Gasteiger partial charge >= 0.3 is 0 Å². The van der Waals surface area contributed by atoms with Crippen molar-refractivity contribution in [3.05, 3.63) is 28.8 Å². The smallest absolute Gasteiger partial charge is 0.119 e. The normalized spacial score (nSPS) is 18.9. The quantitative estimate of drug-likeness (QED) is 0.803. The van der Waals surface area contributed by atoms with Crippen LogP contribution >= 0.6 is 0 Å². The Labute approximate surface area is 97.5 Å². The Morgan fingerprint density at radius 3 is 2.44 bits per heavy atom. The number of nitrogens with two attached hydrogens (primary N) is 1. The Hall–Kier alpha value is -1.02. The van der Waals surface area contributed by atoms with Gasteiger partial charge in [-0.1, -0.05) is 18.9 Å². The highest BCUT2D eigenvalue weighted by molar-refractivity contribution is 5.48. The molecule has 0 aromatic heterocycles. The molecule has 88 valence electrons. The minimum atomic E-state index is 0.0280. The Kier molecular flexibility index (Phi) is 2.94. The molecule has 0 unspecified atom stereocenters. The maximum atomic E-state index is 10.1. The number of hydrogen-bond acceptors (Lipinski definition) is 2. The molecule has 1 fully saturated rings. The van der Waals surface area contributed by atoms with E-state index in [1.807, 2.05) is 12.1 Å². The van der Waals surface area contributed by atoms with Gasteiger partial charge in [-0.2, -0.15) is 0 Å². The summed E-state index contributed by atoms with van der Waals surface area (Å²) in [5.41, 5.74) is 9.57. The van der Waals surface area contributed by atoms with Gasteiger partial charge in [-0.25, -0.2) is 0 Å². The lowest BCUT2D eigenvalue weighted by molar-refractivity contribution is 0.403. The fraction of sp³-hybridized carbons (Fsp3) is 0.571. The number of benzene rings is 1. The topological polar surface area (TPSA) is 46.2 Å². The highest BCUT2D eigenvalue weighted by Gasteiger charge is 2.37. The van der Waals surface area contributed by atoms with Gasteiger partial charge in [-0.05, 0) is 43.9 Å². The summed E-state index contributed by atoms with van der Waals surface area (Å²) >= 11 is 0. The molecule has 0 atom stereocenters. The maximum absolute atomic E-state index is 10.1. The molecule has 2 heteroatoms. The summed E-state index contributed by atoms with van der Waals surface area (Å²) in [7, 11) is 0. The largest absolute Gasteiger partial charge is 0.508 e. The van der Waals surface area contributed by atoms with E-state index in [0.717, 1.165) is 18.4 Å². The van der Waals surface area contributed by atoms with Gasteiger partial charge < -0.3 is 10.8 Å². The summed E-state index contributed by atoms with van der Waals surface area (Å²) in [6.07, 6.45) is 4.68. The molecule has 0 radical (unpaired) electrons. The van der Waals surface area contributed by atoms with E-state index in [1.54, 1.807) is 0 Å². The van der Waals surface area contributed by atoms with Gasteiger partial charge in [0.2, 0.25) is 0 Å². The Morgan fingerprint density at radius 2 is 1.88 bits per heavy atom. The lowest BCUT2D eigenvalue weighted by atomic mass is 9.75. The molecule has 1 aromatic rings. The molecule has 0 aliphatic heterocycles. The van der Waals surface area contributed by atoms with Crippen LogP contribution in [0, 0.1) is 13.8 Å². The van der Waals surface area contributed by atoms with Crippen LogP contribution < -0.4 is 5.73 Å². The van der Waals surface area contributed by atoms with E-state index in [9.17, 15) is 5.11 Å². The lowest BCUT2D eigenvalue weighted by Crippen LogP contribution is -2.33. The van der Waals surface area contributed by atoms with Crippen LogP contribution in [-0.4, -0.2) is 11.7 Å². The van der Waals surface area contributed by atoms with Crippen molar-refractivity contribution >= 4 is 0 Å². The SMILES string of the molecule is Cc1ccc(O)c(C2(CN)CCCC2)c1C. The van der Waals surface area contributed by atoms with Crippen LogP contribution in [0.25, 0.3) is 0 Å². The Balaban J connectivity index is 2.57. The summed E-state index contributed by atoms with van der Waals surface area (Å²) in [4.78, 5) is 0. The summed E-state index contributed by atoms with van der Waals surface area (Å²) in [6.45, 7) is 4.84.